The highest BCUT2D eigenvalue weighted by molar-refractivity contribution is 5.63. The normalized spacial score (nSPS) is 12.1. The zero-order valence-electron chi connectivity index (χ0n) is 17.8. The Bertz CT molecular complexity index is 783. The molecule has 0 aliphatic carbocycles. The summed E-state index contributed by atoms with van der Waals surface area (Å²) < 4.78 is 46.1. The number of nitrogens with zero attached hydrogens (tertiary/aromatic N) is 3. The number of hydrogen-bond donors (Lipinski definition) is 0. The van der Waals surface area contributed by atoms with Crippen LogP contribution in [0.25, 0.3) is 0 Å². The van der Waals surface area contributed by atoms with Gasteiger partial charge in [-0.25, -0.2) is 4.98 Å². The van der Waals surface area contributed by atoms with Crippen LogP contribution in [0.15, 0.2) is 30.5 Å². The average molecular weight is 409 g/mol. The van der Waals surface area contributed by atoms with Crippen molar-refractivity contribution in [1.29, 1.82) is 0 Å². The van der Waals surface area contributed by atoms with E-state index in [1.807, 2.05) is 12.1 Å². The van der Waals surface area contributed by atoms with E-state index in [1.165, 1.54) is 4.90 Å². The van der Waals surface area contributed by atoms with E-state index in [-0.39, 0.29) is 17.2 Å². The largest absolute Gasteiger partial charge is 0.463 e. The molecule has 0 spiro atoms. The number of rotatable bonds is 8. The van der Waals surface area contributed by atoms with Gasteiger partial charge >= 0.3 is 12.2 Å². The van der Waals surface area contributed by atoms with E-state index in [1.54, 1.807) is 19.2 Å². The van der Waals surface area contributed by atoms with Gasteiger partial charge < -0.3 is 9.64 Å². The third-order valence-electron chi connectivity index (χ3n) is 4.72. The fourth-order valence-electron chi connectivity index (χ4n) is 2.88. The molecule has 160 valence electrons. The molecule has 4 nitrogen and oxygen atoms in total. The first-order chi connectivity index (χ1) is 13.5. The first kappa shape index (κ1) is 23.0. The number of halogens is 3. The quantitative estimate of drug-likeness (QED) is 0.465. The van der Waals surface area contributed by atoms with Gasteiger partial charge in [-0.05, 0) is 29.5 Å². The van der Waals surface area contributed by atoms with Crippen molar-refractivity contribution in [2.75, 3.05) is 18.6 Å². The molecule has 0 saturated carbocycles. The summed E-state index contributed by atoms with van der Waals surface area (Å²) in [4.78, 5) is 9.26. The molecule has 0 fully saturated rings. The molecule has 2 aromatic rings. The van der Waals surface area contributed by atoms with Gasteiger partial charge in [0.25, 0.3) is 0 Å². The topological polar surface area (TPSA) is 38.2 Å². The maximum atomic E-state index is 13.5. The van der Waals surface area contributed by atoms with Crippen molar-refractivity contribution in [3.8, 4) is 6.01 Å². The molecule has 0 atom stereocenters. The third kappa shape index (κ3) is 6.34. The van der Waals surface area contributed by atoms with Crippen molar-refractivity contribution in [3.63, 3.8) is 0 Å². The van der Waals surface area contributed by atoms with Crippen LogP contribution in [0.5, 0.6) is 6.01 Å². The Balaban J connectivity index is 2.28. The molecular weight excluding hydrogens is 379 g/mol. The number of hydrogen-bond acceptors (Lipinski definition) is 4. The summed E-state index contributed by atoms with van der Waals surface area (Å²) in [6.45, 7) is 8.75. The number of alkyl halides is 3. The van der Waals surface area contributed by atoms with Gasteiger partial charge in [0, 0.05) is 18.9 Å². The second-order valence-electron chi connectivity index (χ2n) is 8.15. The van der Waals surface area contributed by atoms with Gasteiger partial charge in [0.15, 0.2) is 5.82 Å². The maximum absolute atomic E-state index is 13.5. The van der Waals surface area contributed by atoms with E-state index >= 15 is 0 Å². The zero-order chi connectivity index (χ0) is 21.7. The van der Waals surface area contributed by atoms with Crippen LogP contribution in [0.3, 0.4) is 0 Å². The van der Waals surface area contributed by atoms with Crippen molar-refractivity contribution < 1.29 is 17.9 Å². The van der Waals surface area contributed by atoms with E-state index in [9.17, 15) is 13.2 Å². The summed E-state index contributed by atoms with van der Waals surface area (Å²) in [6.07, 6.45) is 0.246. The summed E-state index contributed by atoms with van der Waals surface area (Å²) in [7, 11) is 1.56. The van der Waals surface area contributed by atoms with Crippen molar-refractivity contribution >= 4 is 11.5 Å². The van der Waals surface area contributed by atoms with E-state index in [0.717, 1.165) is 37.4 Å². The molecule has 0 radical (unpaired) electrons. The molecule has 1 aromatic carbocycles. The number of benzene rings is 1. The second kappa shape index (κ2) is 9.46. The molecule has 2 rings (SSSR count). The zero-order valence-corrected chi connectivity index (χ0v) is 17.8. The summed E-state index contributed by atoms with van der Waals surface area (Å²) >= 11 is 0. The van der Waals surface area contributed by atoms with Gasteiger partial charge in [-0.3, -0.25) is 0 Å². The Labute approximate surface area is 171 Å². The molecule has 0 aliphatic rings. The van der Waals surface area contributed by atoms with Crippen LogP contribution in [-0.4, -0.2) is 23.6 Å². The van der Waals surface area contributed by atoms with Crippen LogP contribution >= 0.6 is 0 Å². The summed E-state index contributed by atoms with van der Waals surface area (Å²) in [5.41, 5.74) is 0.779. The standard InChI is InChI=1S/C22H30F3N3O/c1-6-7-8-9-14-29-20-26-15-18(22(23,24)25)19(27-20)28(5)17-12-10-16(11-13-17)21(2,3)4/h10-13,15H,6-9,14H2,1-5H3. The number of unbranched alkanes of at least 4 members (excludes halogenated alkanes) is 3. The second-order valence-corrected chi connectivity index (χ2v) is 8.15. The smallest absolute Gasteiger partial charge is 0.421 e. The first-order valence-electron chi connectivity index (χ1n) is 9.95. The minimum Gasteiger partial charge on any atom is -0.463 e. The minimum atomic E-state index is -4.56. The van der Waals surface area contributed by atoms with Crippen LogP contribution < -0.4 is 9.64 Å². The number of anilines is 2. The molecule has 1 heterocycles. The van der Waals surface area contributed by atoms with Gasteiger partial charge in [-0.15, -0.1) is 0 Å². The van der Waals surface area contributed by atoms with Gasteiger partial charge in [-0.2, -0.15) is 18.2 Å². The molecule has 0 aliphatic heterocycles. The van der Waals surface area contributed by atoms with Gasteiger partial charge in [-0.1, -0.05) is 59.1 Å². The Morgan fingerprint density at radius 2 is 1.66 bits per heavy atom. The first-order valence-corrected chi connectivity index (χ1v) is 9.95. The van der Waals surface area contributed by atoms with Crippen LogP contribution in [0.4, 0.5) is 24.7 Å². The van der Waals surface area contributed by atoms with Crippen molar-refractivity contribution in [1.82, 2.24) is 9.97 Å². The Morgan fingerprint density at radius 3 is 2.21 bits per heavy atom. The molecule has 0 amide bonds. The van der Waals surface area contributed by atoms with E-state index in [0.29, 0.717) is 12.3 Å². The summed E-state index contributed by atoms with van der Waals surface area (Å²) in [6, 6.07) is 7.40. The SMILES string of the molecule is CCCCCCOc1ncc(C(F)(F)F)c(N(C)c2ccc(C(C)(C)C)cc2)n1. The lowest BCUT2D eigenvalue weighted by Crippen LogP contribution is -2.20. The molecule has 29 heavy (non-hydrogen) atoms. The lowest BCUT2D eigenvalue weighted by Gasteiger charge is -2.24. The lowest BCUT2D eigenvalue weighted by atomic mass is 9.87. The molecule has 0 unspecified atom stereocenters. The molecule has 7 heteroatoms. The third-order valence-corrected chi connectivity index (χ3v) is 4.72. The van der Waals surface area contributed by atoms with E-state index in [4.69, 9.17) is 4.74 Å². The van der Waals surface area contributed by atoms with E-state index < -0.39 is 11.7 Å². The number of aromatic nitrogens is 2. The number of ether oxygens (including phenoxy) is 1. The van der Waals surface area contributed by atoms with Crippen molar-refractivity contribution in [2.45, 2.75) is 65.0 Å². The van der Waals surface area contributed by atoms with Gasteiger partial charge in [0.05, 0.1) is 6.61 Å². The highest BCUT2D eigenvalue weighted by Gasteiger charge is 2.36. The van der Waals surface area contributed by atoms with Crippen LogP contribution in [0.2, 0.25) is 0 Å². The predicted octanol–water partition coefficient (Wildman–Crippen LogP) is 6.52. The summed E-state index contributed by atoms with van der Waals surface area (Å²) in [5, 5.41) is 0. The fourth-order valence-corrected chi connectivity index (χ4v) is 2.88. The monoisotopic (exact) mass is 409 g/mol. The van der Waals surface area contributed by atoms with Gasteiger partial charge in [0.1, 0.15) is 5.56 Å². The van der Waals surface area contributed by atoms with Crippen LogP contribution in [0.1, 0.15) is 64.5 Å². The maximum Gasteiger partial charge on any atom is 0.421 e. The summed E-state index contributed by atoms with van der Waals surface area (Å²) in [5.74, 6) is -0.223. The van der Waals surface area contributed by atoms with Gasteiger partial charge in [0.2, 0.25) is 0 Å². The highest BCUT2D eigenvalue weighted by Crippen LogP contribution is 2.38. The Kier molecular flexibility index (Phi) is 7.49. The van der Waals surface area contributed by atoms with Crippen molar-refractivity contribution in [2.24, 2.45) is 0 Å². The molecular formula is C22H30F3N3O. The van der Waals surface area contributed by atoms with Crippen molar-refractivity contribution in [3.05, 3.63) is 41.6 Å². The molecule has 1 aromatic heterocycles. The molecule has 0 bridgehead atoms. The average Bonchev–Trinajstić information content (AvgIpc) is 2.65. The van der Waals surface area contributed by atoms with Crippen LogP contribution in [0, 0.1) is 0 Å². The lowest BCUT2D eigenvalue weighted by molar-refractivity contribution is -0.137. The fraction of sp³-hybridized carbons (Fsp3) is 0.545. The molecule has 0 saturated heterocycles. The highest BCUT2D eigenvalue weighted by atomic mass is 19.4. The minimum absolute atomic E-state index is 0.0392. The van der Waals surface area contributed by atoms with Crippen LogP contribution in [-0.2, 0) is 11.6 Å². The Hall–Kier alpha value is -2.31. The molecule has 0 N–H and O–H groups in total. The van der Waals surface area contributed by atoms with E-state index in [2.05, 4.69) is 37.7 Å². The Morgan fingerprint density at radius 1 is 1.00 bits per heavy atom. The predicted molar refractivity (Wildman–Crippen MR) is 110 cm³/mol.